The summed E-state index contributed by atoms with van der Waals surface area (Å²) in [6.07, 6.45) is 5.03. The second kappa shape index (κ2) is 6.59. The number of nitrogens with one attached hydrogen (secondary N) is 1. The zero-order valence-corrected chi connectivity index (χ0v) is 13.9. The van der Waals surface area contributed by atoms with Crippen LogP contribution in [-0.2, 0) is 4.79 Å². The van der Waals surface area contributed by atoms with E-state index in [0.717, 1.165) is 29.8 Å². The van der Waals surface area contributed by atoms with E-state index < -0.39 is 0 Å². The smallest absolute Gasteiger partial charge is 0.220 e. The zero-order chi connectivity index (χ0) is 15.7. The number of benzene rings is 1. The Hall–Kier alpha value is -1.06. The molecular formula is C18H25ClN2O. The van der Waals surface area contributed by atoms with E-state index in [0.29, 0.717) is 24.2 Å². The second-order valence-corrected chi connectivity index (χ2v) is 7.47. The highest BCUT2D eigenvalue weighted by Crippen LogP contribution is 2.47. The summed E-state index contributed by atoms with van der Waals surface area (Å²) in [6.45, 7) is 2.24. The van der Waals surface area contributed by atoms with Gasteiger partial charge >= 0.3 is 0 Å². The van der Waals surface area contributed by atoms with Crippen LogP contribution in [0.4, 0.5) is 0 Å². The third-order valence-corrected chi connectivity index (χ3v) is 5.56. The highest BCUT2D eigenvalue weighted by Gasteiger charge is 2.41. The molecular weight excluding hydrogens is 296 g/mol. The summed E-state index contributed by atoms with van der Waals surface area (Å²) >= 11 is 5.97. The Bertz CT molecular complexity index is 530. The van der Waals surface area contributed by atoms with Crippen LogP contribution in [0.25, 0.3) is 0 Å². The van der Waals surface area contributed by atoms with Gasteiger partial charge in [-0.3, -0.25) is 4.79 Å². The van der Waals surface area contributed by atoms with Gasteiger partial charge in [0, 0.05) is 17.5 Å². The highest BCUT2D eigenvalue weighted by atomic mass is 35.5. The van der Waals surface area contributed by atoms with Crippen molar-refractivity contribution in [2.24, 2.45) is 23.5 Å². The van der Waals surface area contributed by atoms with Crippen LogP contribution < -0.4 is 11.1 Å². The molecule has 1 aromatic carbocycles. The molecule has 1 aromatic rings. The Balaban J connectivity index is 1.65. The van der Waals surface area contributed by atoms with E-state index in [1.807, 2.05) is 24.3 Å². The lowest BCUT2D eigenvalue weighted by molar-refractivity contribution is -0.123. The standard InChI is InChI=1S/C18H25ClN2O/c1-11-9-15(11)18(12-5-7-14(19)8-6-12)21-17(22)10-13-3-2-4-16(13)20/h5-8,11,13,15-16,18H,2-4,9-10,20H2,1H3,(H,21,22)/t11?,13-,15?,16+,18?/m0/s1. The number of carbonyl (C=O) groups excluding carboxylic acids is 1. The molecule has 22 heavy (non-hydrogen) atoms. The molecule has 3 unspecified atom stereocenters. The van der Waals surface area contributed by atoms with Crippen LogP contribution in [0.1, 0.15) is 50.6 Å². The van der Waals surface area contributed by atoms with E-state index in [1.165, 1.54) is 6.42 Å². The van der Waals surface area contributed by atoms with Crippen LogP contribution in [0.3, 0.4) is 0 Å². The third-order valence-electron chi connectivity index (χ3n) is 5.31. The van der Waals surface area contributed by atoms with E-state index in [4.69, 9.17) is 17.3 Å². The van der Waals surface area contributed by atoms with Crippen molar-refractivity contribution >= 4 is 17.5 Å². The molecule has 3 rings (SSSR count). The number of hydrogen-bond acceptors (Lipinski definition) is 2. The molecule has 3 N–H and O–H groups in total. The lowest BCUT2D eigenvalue weighted by Gasteiger charge is -2.22. The molecule has 2 fully saturated rings. The first kappa shape index (κ1) is 15.8. The van der Waals surface area contributed by atoms with E-state index in [2.05, 4.69) is 12.2 Å². The molecule has 0 spiro atoms. The van der Waals surface area contributed by atoms with Crippen molar-refractivity contribution in [3.8, 4) is 0 Å². The lowest BCUT2D eigenvalue weighted by atomic mass is 9.97. The van der Waals surface area contributed by atoms with Gasteiger partial charge in [0.25, 0.3) is 0 Å². The Labute approximate surface area is 137 Å². The Morgan fingerprint density at radius 1 is 1.36 bits per heavy atom. The molecule has 3 nitrogen and oxygen atoms in total. The van der Waals surface area contributed by atoms with Crippen LogP contribution >= 0.6 is 11.6 Å². The van der Waals surface area contributed by atoms with Crippen LogP contribution in [-0.4, -0.2) is 11.9 Å². The van der Waals surface area contributed by atoms with Gasteiger partial charge in [0.1, 0.15) is 0 Å². The third kappa shape index (κ3) is 3.64. The summed E-state index contributed by atoms with van der Waals surface area (Å²) in [7, 11) is 0. The van der Waals surface area contributed by atoms with Gasteiger partial charge in [-0.25, -0.2) is 0 Å². The molecule has 120 valence electrons. The minimum atomic E-state index is 0.109. The van der Waals surface area contributed by atoms with Crippen molar-refractivity contribution in [1.82, 2.24) is 5.32 Å². The van der Waals surface area contributed by atoms with Crippen LogP contribution in [0.2, 0.25) is 5.02 Å². The maximum atomic E-state index is 12.4. The molecule has 1 amide bonds. The van der Waals surface area contributed by atoms with Gasteiger partial charge in [-0.2, -0.15) is 0 Å². The molecule has 2 aliphatic carbocycles. The first-order valence-electron chi connectivity index (χ1n) is 8.35. The first-order valence-corrected chi connectivity index (χ1v) is 8.73. The van der Waals surface area contributed by atoms with Gasteiger partial charge in [0.2, 0.25) is 5.91 Å². The van der Waals surface area contributed by atoms with Crippen LogP contribution in [0.5, 0.6) is 0 Å². The van der Waals surface area contributed by atoms with E-state index in [1.54, 1.807) is 0 Å². The number of nitrogens with two attached hydrogens (primary N) is 1. The molecule has 0 saturated heterocycles. The van der Waals surface area contributed by atoms with Gasteiger partial charge < -0.3 is 11.1 Å². The summed E-state index contributed by atoms with van der Waals surface area (Å²) in [6, 6.07) is 8.16. The predicted molar refractivity (Wildman–Crippen MR) is 89.5 cm³/mol. The van der Waals surface area contributed by atoms with Crippen LogP contribution in [0.15, 0.2) is 24.3 Å². The van der Waals surface area contributed by atoms with Gasteiger partial charge in [-0.05, 0) is 54.7 Å². The van der Waals surface area contributed by atoms with Crippen molar-refractivity contribution in [2.75, 3.05) is 0 Å². The van der Waals surface area contributed by atoms with E-state index in [-0.39, 0.29) is 18.0 Å². The lowest BCUT2D eigenvalue weighted by Crippen LogP contribution is -2.34. The van der Waals surface area contributed by atoms with Crippen molar-refractivity contribution in [2.45, 2.75) is 51.1 Å². The Morgan fingerprint density at radius 3 is 2.59 bits per heavy atom. The second-order valence-electron chi connectivity index (χ2n) is 7.03. The van der Waals surface area contributed by atoms with Gasteiger partial charge in [-0.15, -0.1) is 0 Å². The van der Waals surface area contributed by atoms with Crippen molar-refractivity contribution < 1.29 is 4.79 Å². The summed E-state index contributed by atoms with van der Waals surface area (Å²) < 4.78 is 0. The average Bonchev–Trinajstić information content (AvgIpc) is 3.08. The minimum absolute atomic E-state index is 0.109. The Kier molecular flexibility index (Phi) is 4.74. The largest absolute Gasteiger partial charge is 0.349 e. The topological polar surface area (TPSA) is 55.1 Å². The fourth-order valence-corrected chi connectivity index (χ4v) is 3.84. The molecule has 0 radical (unpaired) electrons. The number of hydrogen-bond donors (Lipinski definition) is 2. The molecule has 5 atom stereocenters. The molecule has 0 heterocycles. The van der Waals surface area contributed by atoms with Crippen molar-refractivity contribution in [1.29, 1.82) is 0 Å². The number of carbonyl (C=O) groups is 1. The molecule has 0 aromatic heterocycles. The highest BCUT2D eigenvalue weighted by molar-refractivity contribution is 6.30. The summed E-state index contributed by atoms with van der Waals surface area (Å²) in [4.78, 5) is 12.4. The van der Waals surface area contributed by atoms with Crippen molar-refractivity contribution in [3.05, 3.63) is 34.9 Å². The summed E-state index contributed by atoms with van der Waals surface area (Å²) in [5, 5.41) is 3.99. The van der Waals surface area contributed by atoms with E-state index >= 15 is 0 Å². The molecule has 2 saturated carbocycles. The maximum Gasteiger partial charge on any atom is 0.220 e. The van der Waals surface area contributed by atoms with Crippen molar-refractivity contribution in [3.63, 3.8) is 0 Å². The maximum absolute atomic E-state index is 12.4. The van der Waals surface area contributed by atoms with Gasteiger partial charge in [-0.1, -0.05) is 37.1 Å². The van der Waals surface area contributed by atoms with E-state index in [9.17, 15) is 4.79 Å². The monoisotopic (exact) mass is 320 g/mol. The molecule has 0 bridgehead atoms. The molecule has 0 aliphatic heterocycles. The summed E-state index contributed by atoms with van der Waals surface area (Å²) in [5.74, 6) is 1.71. The summed E-state index contributed by atoms with van der Waals surface area (Å²) in [5.41, 5.74) is 7.24. The number of amides is 1. The molecule has 4 heteroatoms. The SMILES string of the molecule is CC1CC1C(NC(=O)C[C@@H]1CCC[C@H]1N)c1ccc(Cl)cc1. The zero-order valence-electron chi connectivity index (χ0n) is 13.1. The van der Waals surface area contributed by atoms with Gasteiger partial charge in [0.15, 0.2) is 0 Å². The fourth-order valence-electron chi connectivity index (χ4n) is 3.71. The first-order chi connectivity index (χ1) is 10.5. The van der Waals surface area contributed by atoms with Gasteiger partial charge in [0.05, 0.1) is 6.04 Å². The average molecular weight is 321 g/mol. The minimum Gasteiger partial charge on any atom is -0.349 e. The number of halogens is 1. The fraction of sp³-hybridized carbons (Fsp3) is 0.611. The Morgan fingerprint density at radius 2 is 2.05 bits per heavy atom. The molecule has 2 aliphatic rings. The normalized spacial score (nSPS) is 31.8. The van der Waals surface area contributed by atoms with Crippen LogP contribution in [0, 0.1) is 17.8 Å². The predicted octanol–water partition coefficient (Wildman–Crippen LogP) is 3.67. The number of rotatable bonds is 5. The quantitative estimate of drug-likeness (QED) is 0.869.